The summed E-state index contributed by atoms with van der Waals surface area (Å²) in [7, 11) is 0. The second-order valence-corrected chi connectivity index (χ2v) is 12.0. The van der Waals surface area contributed by atoms with Crippen molar-refractivity contribution in [1.82, 2.24) is 9.55 Å². The molecule has 7 aromatic carbocycles. The van der Waals surface area contributed by atoms with E-state index >= 15 is 0 Å². The number of rotatable bonds is 3. The molecule has 10 rings (SSSR count). The summed E-state index contributed by atoms with van der Waals surface area (Å²) in [6.07, 6.45) is 3.88. The van der Waals surface area contributed by atoms with E-state index in [1.54, 1.807) is 0 Å². The number of aromatic nitrogens is 2. The predicted molar refractivity (Wildman–Crippen MR) is 189 cm³/mol. The summed E-state index contributed by atoms with van der Waals surface area (Å²) >= 11 is 0. The van der Waals surface area contributed by atoms with E-state index in [4.69, 9.17) is 0 Å². The zero-order valence-electron chi connectivity index (χ0n) is 24.4. The van der Waals surface area contributed by atoms with Crippen LogP contribution in [-0.2, 0) is 0 Å². The van der Waals surface area contributed by atoms with Crippen LogP contribution in [0, 0.1) is 0 Å². The first-order chi connectivity index (χ1) is 22.3. The van der Waals surface area contributed by atoms with E-state index in [2.05, 4.69) is 155 Å². The van der Waals surface area contributed by atoms with Gasteiger partial charge in [0.25, 0.3) is 0 Å². The van der Waals surface area contributed by atoms with Gasteiger partial charge >= 0.3 is 0 Å². The monoisotopic (exact) mass is 570 g/mol. The molecule has 2 aromatic heterocycles. The van der Waals surface area contributed by atoms with Crippen molar-refractivity contribution in [1.29, 1.82) is 0 Å². The number of nitrogens with zero attached hydrogens (tertiary/aromatic N) is 2. The van der Waals surface area contributed by atoms with Crippen LogP contribution in [0.5, 0.6) is 0 Å². The molecule has 0 aliphatic heterocycles. The normalized spacial score (nSPS) is 12.0. The first-order valence-electron chi connectivity index (χ1n) is 15.5. The maximum absolute atomic E-state index is 4.52. The first-order valence-corrected chi connectivity index (χ1v) is 15.5. The smallest absolute Gasteiger partial charge is 0.0548 e. The third-order valence-corrected chi connectivity index (χ3v) is 9.62. The van der Waals surface area contributed by atoms with Crippen molar-refractivity contribution in [2.45, 2.75) is 0 Å². The molecule has 0 N–H and O–H groups in total. The van der Waals surface area contributed by atoms with Gasteiger partial charge in [0.1, 0.15) is 0 Å². The number of pyridine rings is 1. The van der Waals surface area contributed by atoms with Crippen molar-refractivity contribution >= 4 is 43.4 Å². The molecule has 2 heterocycles. The molecule has 1 aliphatic rings. The molecule has 0 atom stereocenters. The lowest BCUT2D eigenvalue weighted by Crippen LogP contribution is -1.93. The van der Waals surface area contributed by atoms with Gasteiger partial charge in [-0.3, -0.25) is 4.98 Å². The highest BCUT2D eigenvalue weighted by Gasteiger charge is 2.22. The number of fused-ring (bicyclic) bond motifs is 8. The summed E-state index contributed by atoms with van der Waals surface area (Å²) < 4.78 is 2.38. The lowest BCUT2D eigenvalue weighted by atomic mass is 9.92. The van der Waals surface area contributed by atoms with E-state index in [0.29, 0.717) is 0 Å². The Morgan fingerprint density at radius 3 is 2.00 bits per heavy atom. The molecule has 0 amide bonds. The van der Waals surface area contributed by atoms with Gasteiger partial charge in [-0.2, -0.15) is 0 Å². The predicted octanol–water partition coefficient (Wildman–Crippen LogP) is 11.5. The van der Waals surface area contributed by atoms with E-state index in [0.717, 1.165) is 5.69 Å². The van der Waals surface area contributed by atoms with Gasteiger partial charge in [-0.1, -0.05) is 103 Å². The van der Waals surface area contributed by atoms with Gasteiger partial charge in [0.2, 0.25) is 0 Å². The average molecular weight is 571 g/mol. The summed E-state index contributed by atoms with van der Waals surface area (Å²) in [5, 5.41) is 7.51. The van der Waals surface area contributed by atoms with Crippen molar-refractivity contribution in [3.63, 3.8) is 0 Å². The Balaban J connectivity index is 1.18. The summed E-state index contributed by atoms with van der Waals surface area (Å²) in [5.74, 6) is 0. The second-order valence-electron chi connectivity index (χ2n) is 12.0. The van der Waals surface area contributed by atoms with Gasteiger partial charge in [-0.15, -0.1) is 0 Å². The van der Waals surface area contributed by atoms with Gasteiger partial charge < -0.3 is 4.57 Å². The number of benzene rings is 7. The van der Waals surface area contributed by atoms with Gasteiger partial charge in [-0.05, 0) is 103 Å². The third-order valence-electron chi connectivity index (χ3n) is 9.62. The highest BCUT2D eigenvalue weighted by atomic mass is 15.0. The van der Waals surface area contributed by atoms with E-state index in [-0.39, 0.29) is 0 Å². The number of hydrogen-bond acceptors (Lipinski definition) is 1. The molecule has 45 heavy (non-hydrogen) atoms. The fraction of sp³-hybridized carbons (Fsp3) is 0. The maximum atomic E-state index is 4.52. The molecule has 2 heteroatoms. The highest BCUT2D eigenvalue weighted by molar-refractivity contribution is 6.22. The molecule has 2 nitrogen and oxygen atoms in total. The standard InChI is InChI=1S/C43H26N2/c1-2-10-31(11-3-1)45-40-20-17-29(25-38(40)43-39-26-44-23-22-27(39)16-21-41(43)45)28-8-6-9-30(24-28)32-18-19-37-34-13-5-4-12-33(34)36-15-7-14-35(32)42(36)37/h1-26H. The van der Waals surface area contributed by atoms with E-state index in [9.17, 15) is 0 Å². The number of hydrogen-bond donors (Lipinski definition) is 0. The Morgan fingerprint density at radius 2 is 1.11 bits per heavy atom. The third kappa shape index (κ3) is 3.48. The molecule has 0 unspecified atom stereocenters. The molecule has 0 bridgehead atoms. The largest absolute Gasteiger partial charge is 0.309 e. The minimum atomic E-state index is 1.16. The van der Waals surface area contributed by atoms with E-state index in [1.807, 2.05) is 12.4 Å². The van der Waals surface area contributed by atoms with Crippen LogP contribution in [0.4, 0.5) is 0 Å². The molecule has 208 valence electrons. The molecule has 0 saturated heterocycles. The van der Waals surface area contributed by atoms with Crippen LogP contribution < -0.4 is 0 Å². The maximum Gasteiger partial charge on any atom is 0.0548 e. The minimum absolute atomic E-state index is 1.16. The van der Waals surface area contributed by atoms with Gasteiger partial charge in [0.15, 0.2) is 0 Å². The van der Waals surface area contributed by atoms with Crippen molar-refractivity contribution in [3.05, 3.63) is 158 Å². The summed E-state index contributed by atoms with van der Waals surface area (Å²) in [5.41, 5.74) is 13.8. The van der Waals surface area contributed by atoms with E-state index < -0.39 is 0 Å². The van der Waals surface area contributed by atoms with Crippen LogP contribution in [0.25, 0.3) is 93.5 Å². The van der Waals surface area contributed by atoms with Crippen molar-refractivity contribution < 1.29 is 0 Å². The summed E-state index contributed by atoms with van der Waals surface area (Å²) in [4.78, 5) is 4.52. The van der Waals surface area contributed by atoms with Crippen LogP contribution in [-0.4, -0.2) is 9.55 Å². The second kappa shape index (κ2) is 9.25. The Hall–Kier alpha value is -5.99. The molecule has 9 aromatic rings. The van der Waals surface area contributed by atoms with Gasteiger partial charge in [-0.25, -0.2) is 0 Å². The molecule has 0 spiro atoms. The zero-order valence-corrected chi connectivity index (χ0v) is 24.4. The van der Waals surface area contributed by atoms with Crippen LogP contribution in [0.2, 0.25) is 0 Å². The average Bonchev–Trinajstić information content (AvgIpc) is 3.63. The van der Waals surface area contributed by atoms with Crippen LogP contribution in [0.3, 0.4) is 0 Å². The highest BCUT2D eigenvalue weighted by Crippen LogP contribution is 2.49. The van der Waals surface area contributed by atoms with Crippen LogP contribution in [0.15, 0.2) is 158 Å². The lowest BCUT2D eigenvalue weighted by molar-refractivity contribution is 1.18. The fourth-order valence-electron chi connectivity index (χ4n) is 7.64. The molecule has 0 radical (unpaired) electrons. The topological polar surface area (TPSA) is 17.8 Å². The first kappa shape index (κ1) is 24.5. The molecule has 1 aliphatic carbocycles. The molecular formula is C43H26N2. The minimum Gasteiger partial charge on any atom is -0.309 e. The fourth-order valence-corrected chi connectivity index (χ4v) is 7.64. The Morgan fingerprint density at radius 1 is 0.400 bits per heavy atom. The van der Waals surface area contributed by atoms with Crippen molar-refractivity contribution in [2.24, 2.45) is 0 Å². The van der Waals surface area contributed by atoms with Gasteiger partial charge in [0, 0.05) is 34.2 Å². The number of para-hydroxylation sites is 1. The summed E-state index contributed by atoms with van der Waals surface area (Å²) in [6.45, 7) is 0. The quantitative estimate of drug-likeness (QED) is 0.207. The van der Waals surface area contributed by atoms with Crippen molar-refractivity contribution in [3.8, 4) is 50.2 Å². The molecule has 0 fully saturated rings. The zero-order chi connectivity index (χ0) is 29.5. The Labute approximate surface area is 260 Å². The van der Waals surface area contributed by atoms with Crippen LogP contribution in [0.1, 0.15) is 0 Å². The SMILES string of the molecule is c1ccc(-n2c3ccc(-c4cccc(-c5ccc6c7c(cccc57)-c5ccccc5-6)c4)cc3c3c4cnccc4ccc32)cc1. The Kier molecular flexibility index (Phi) is 5.03. The Bertz CT molecular complexity index is 2610. The van der Waals surface area contributed by atoms with E-state index in [1.165, 1.54) is 87.9 Å². The van der Waals surface area contributed by atoms with Crippen molar-refractivity contribution in [2.75, 3.05) is 0 Å². The lowest BCUT2D eigenvalue weighted by Gasteiger charge is -2.12. The molecule has 0 saturated carbocycles. The van der Waals surface area contributed by atoms with Gasteiger partial charge in [0.05, 0.1) is 11.0 Å². The summed E-state index contributed by atoms with van der Waals surface area (Å²) in [6, 6.07) is 53.3. The van der Waals surface area contributed by atoms with Crippen LogP contribution >= 0.6 is 0 Å². The molecular weight excluding hydrogens is 544 g/mol.